The fourth-order valence-electron chi connectivity index (χ4n) is 2.79. The lowest BCUT2D eigenvalue weighted by atomic mass is 10.1. The lowest BCUT2D eigenvalue weighted by Crippen LogP contribution is -2.28. The minimum absolute atomic E-state index is 0. The second-order valence-electron chi connectivity index (χ2n) is 5.43. The van der Waals surface area contributed by atoms with Crippen LogP contribution >= 0.6 is 13.5 Å². The first-order valence-electron chi connectivity index (χ1n) is 6.88. The highest BCUT2D eigenvalue weighted by atomic mass is 32.1. The summed E-state index contributed by atoms with van der Waals surface area (Å²) in [4.78, 5) is 2.45. The molecule has 1 aromatic rings. The number of fused-ring (bicyclic) bond motifs is 1. The van der Waals surface area contributed by atoms with Gasteiger partial charge in [-0.25, -0.2) is 0 Å². The number of ether oxygens (including phenoxy) is 2. The number of hydrogen-bond donors (Lipinski definition) is 0. The second-order valence-corrected chi connectivity index (χ2v) is 5.43. The molecule has 19 heavy (non-hydrogen) atoms. The summed E-state index contributed by atoms with van der Waals surface area (Å²) in [5.74, 6) is 0.983. The van der Waals surface area contributed by atoms with Gasteiger partial charge in [-0.3, -0.25) is 0 Å². The Morgan fingerprint density at radius 3 is 2.89 bits per heavy atom. The minimum atomic E-state index is 0. The summed E-state index contributed by atoms with van der Waals surface area (Å²) in [6.07, 6.45) is 2.39. The van der Waals surface area contributed by atoms with Crippen LogP contribution in [0.3, 0.4) is 0 Å². The van der Waals surface area contributed by atoms with E-state index in [9.17, 15) is 0 Å². The number of hydrogen-bond acceptors (Lipinski definition) is 3. The molecule has 0 unspecified atom stereocenters. The van der Waals surface area contributed by atoms with E-state index >= 15 is 0 Å². The fraction of sp³-hybridized carbons (Fsp3) is 0.600. The Morgan fingerprint density at radius 1 is 1.37 bits per heavy atom. The lowest BCUT2D eigenvalue weighted by Gasteiger charge is -2.24. The topological polar surface area (TPSA) is 21.7 Å². The molecule has 4 heteroatoms. The van der Waals surface area contributed by atoms with Crippen molar-refractivity contribution >= 4 is 19.2 Å². The van der Waals surface area contributed by atoms with E-state index in [0.29, 0.717) is 6.04 Å². The molecule has 2 aliphatic rings. The summed E-state index contributed by atoms with van der Waals surface area (Å²) < 4.78 is 11.3. The fourth-order valence-corrected chi connectivity index (χ4v) is 2.79. The van der Waals surface area contributed by atoms with E-state index in [1.54, 1.807) is 0 Å². The molecule has 106 valence electrons. The van der Waals surface area contributed by atoms with Crippen molar-refractivity contribution in [3.05, 3.63) is 23.8 Å². The SMILES string of the molecule is CC(C)N1CCc2ccc(O[C@H]3CCOC3)cc21.S. The van der Waals surface area contributed by atoms with Gasteiger partial charge >= 0.3 is 0 Å². The molecule has 0 amide bonds. The normalized spacial score (nSPS) is 21.4. The number of rotatable bonds is 3. The highest BCUT2D eigenvalue weighted by molar-refractivity contribution is 7.59. The molecule has 0 spiro atoms. The average Bonchev–Trinajstić information content (AvgIpc) is 2.97. The van der Waals surface area contributed by atoms with Crippen LogP contribution in [0.2, 0.25) is 0 Å². The van der Waals surface area contributed by atoms with Crippen molar-refractivity contribution in [3.63, 3.8) is 0 Å². The molecule has 0 aromatic heterocycles. The van der Waals surface area contributed by atoms with Gasteiger partial charge < -0.3 is 14.4 Å². The Kier molecular flexibility index (Phi) is 4.63. The first kappa shape index (κ1) is 14.5. The third-order valence-electron chi connectivity index (χ3n) is 3.80. The van der Waals surface area contributed by atoms with Crippen LogP contribution in [0, 0.1) is 0 Å². The van der Waals surface area contributed by atoms with Crippen LogP contribution in [0.1, 0.15) is 25.8 Å². The maximum Gasteiger partial charge on any atom is 0.124 e. The zero-order valence-corrected chi connectivity index (χ0v) is 12.7. The predicted octanol–water partition coefficient (Wildman–Crippen LogP) is 2.74. The van der Waals surface area contributed by atoms with Gasteiger partial charge in [0.2, 0.25) is 0 Å². The van der Waals surface area contributed by atoms with E-state index in [1.165, 1.54) is 11.3 Å². The molecule has 1 aromatic carbocycles. The van der Waals surface area contributed by atoms with Gasteiger partial charge in [0.25, 0.3) is 0 Å². The standard InChI is InChI=1S/C15H21NO2.H2S/c1-11(2)16-7-5-12-3-4-13(9-15(12)16)18-14-6-8-17-10-14;/h3-4,9,11,14H,5-8,10H2,1-2H3;1H2/t14-;/m0./s1. The second kappa shape index (κ2) is 6.06. The molecule has 0 aliphatic carbocycles. The van der Waals surface area contributed by atoms with Crippen LogP contribution in [0.4, 0.5) is 5.69 Å². The van der Waals surface area contributed by atoms with Crippen molar-refractivity contribution in [1.82, 2.24) is 0 Å². The Bertz CT molecular complexity index is 430. The minimum Gasteiger partial charge on any atom is -0.488 e. The van der Waals surface area contributed by atoms with Crippen molar-refractivity contribution in [1.29, 1.82) is 0 Å². The summed E-state index contributed by atoms with van der Waals surface area (Å²) >= 11 is 0. The van der Waals surface area contributed by atoms with Gasteiger partial charge in [0.1, 0.15) is 11.9 Å². The molecule has 0 N–H and O–H groups in total. The van der Waals surface area contributed by atoms with E-state index in [1.807, 2.05) is 0 Å². The number of benzene rings is 1. The highest BCUT2D eigenvalue weighted by Gasteiger charge is 2.23. The van der Waals surface area contributed by atoms with Crippen molar-refractivity contribution in [2.24, 2.45) is 0 Å². The van der Waals surface area contributed by atoms with Gasteiger partial charge in [0.15, 0.2) is 0 Å². The third-order valence-corrected chi connectivity index (χ3v) is 3.80. The largest absolute Gasteiger partial charge is 0.488 e. The monoisotopic (exact) mass is 281 g/mol. The molecule has 0 bridgehead atoms. The average molecular weight is 281 g/mol. The molecule has 2 aliphatic heterocycles. The summed E-state index contributed by atoms with van der Waals surface area (Å²) in [7, 11) is 0. The van der Waals surface area contributed by atoms with Crippen LogP contribution in [-0.2, 0) is 11.2 Å². The van der Waals surface area contributed by atoms with Gasteiger partial charge in [0, 0.05) is 30.8 Å². The smallest absolute Gasteiger partial charge is 0.124 e. The van der Waals surface area contributed by atoms with E-state index in [0.717, 1.165) is 38.3 Å². The molecule has 2 heterocycles. The van der Waals surface area contributed by atoms with Gasteiger partial charge in [-0.1, -0.05) is 6.07 Å². The zero-order valence-electron chi connectivity index (χ0n) is 11.7. The van der Waals surface area contributed by atoms with Crippen molar-refractivity contribution < 1.29 is 9.47 Å². The lowest BCUT2D eigenvalue weighted by molar-refractivity contribution is 0.141. The molecule has 3 rings (SSSR count). The van der Waals surface area contributed by atoms with Crippen molar-refractivity contribution in [2.45, 2.75) is 38.8 Å². The molecular formula is C15H23NO2S. The maximum atomic E-state index is 5.98. The molecule has 1 saturated heterocycles. The van der Waals surface area contributed by atoms with Crippen LogP contribution in [-0.4, -0.2) is 31.9 Å². The molecule has 3 nitrogen and oxygen atoms in total. The summed E-state index contributed by atoms with van der Waals surface area (Å²) in [5, 5.41) is 0. The Balaban J connectivity index is 0.00000133. The first-order chi connectivity index (χ1) is 8.74. The van der Waals surface area contributed by atoms with Crippen molar-refractivity contribution in [2.75, 3.05) is 24.7 Å². The van der Waals surface area contributed by atoms with Crippen LogP contribution in [0.5, 0.6) is 5.75 Å². The van der Waals surface area contributed by atoms with E-state index in [4.69, 9.17) is 9.47 Å². The Morgan fingerprint density at radius 2 is 2.21 bits per heavy atom. The quantitative estimate of drug-likeness (QED) is 0.850. The predicted molar refractivity (Wildman–Crippen MR) is 82.9 cm³/mol. The molecular weight excluding hydrogens is 258 g/mol. The van der Waals surface area contributed by atoms with E-state index < -0.39 is 0 Å². The van der Waals surface area contributed by atoms with Gasteiger partial charge in [0.05, 0.1) is 13.2 Å². The summed E-state index contributed by atoms with van der Waals surface area (Å²) in [6.45, 7) is 7.17. The maximum absolute atomic E-state index is 5.98. The third kappa shape index (κ3) is 3.00. The summed E-state index contributed by atoms with van der Waals surface area (Å²) in [6, 6.07) is 7.06. The van der Waals surface area contributed by atoms with Crippen LogP contribution in [0.25, 0.3) is 0 Å². The van der Waals surface area contributed by atoms with Crippen LogP contribution in [0.15, 0.2) is 18.2 Å². The molecule has 0 saturated carbocycles. The first-order valence-corrected chi connectivity index (χ1v) is 6.88. The Hall–Kier alpha value is -0.870. The van der Waals surface area contributed by atoms with Gasteiger partial charge in [-0.2, -0.15) is 13.5 Å². The van der Waals surface area contributed by atoms with E-state index in [-0.39, 0.29) is 19.6 Å². The number of nitrogens with zero attached hydrogens (tertiary/aromatic N) is 1. The highest BCUT2D eigenvalue weighted by Crippen LogP contribution is 2.33. The van der Waals surface area contributed by atoms with Gasteiger partial charge in [-0.15, -0.1) is 0 Å². The van der Waals surface area contributed by atoms with Crippen molar-refractivity contribution in [3.8, 4) is 5.75 Å². The van der Waals surface area contributed by atoms with Crippen LogP contribution < -0.4 is 9.64 Å². The number of anilines is 1. The molecule has 1 fully saturated rings. The van der Waals surface area contributed by atoms with E-state index in [2.05, 4.69) is 36.9 Å². The Labute approximate surface area is 122 Å². The molecule has 1 atom stereocenters. The zero-order chi connectivity index (χ0) is 12.5. The molecule has 0 radical (unpaired) electrons. The summed E-state index contributed by atoms with van der Waals surface area (Å²) in [5.41, 5.74) is 2.79. The van der Waals surface area contributed by atoms with Gasteiger partial charge in [-0.05, 0) is 31.9 Å².